The van der Waals surface area contributed by atoms with E-state index in [2.05, 4.69) is 14.9 Å². The smallest absolute Gasteiger partial charge is 0.233 e. The van der Waals surface area contributed by atoms with Crippen LogP contribution in [-0.2, 0) is 18.9 Å². The standard InChI is InChI=1S/C11H20N2O2.C9H16N2O2/c1-6-14-10-9(4)13(5)11(15-7-2)8(3)12-10;1-6-9(13-5)11(3)7(2)8(10-6)12-4/h11H,6-7H2,1-5H3;9H,1-5H3. The summed E-state index contributed by atoms with van der Waals surface area (Å²) in [6.45, 7) is 13.1. The summed E-state index contributed by atoms with van der Waals surface area (Å²) in [4.78, 5) is 12.8. The van der Waals surface area contributed by atoms with Crippen molar-refractivity contribution >= 4 is 11.4 Å². The van der Waals surface area contributed by atoms with Crippen LogP contribution in [0.25, 0.3) is 0 Å². The summed E-state index contributed by atoms with van der Waals surface area (Å²) in [5.74, 6) is 1.36. The molecule has 0 aromatic carbocycles. The zero-order chi connectivity index (χ0) is 21.4. The lowest BCUT2D eigenvalue weighted by atomic mass is 10.2. The van der Waals surface area contributed by atoms with Gasteiger partial charge in [0.1, 0.15) is 0 Å². The third-order valence-electron chi connectivity index (χ3n) is 4.67. The minimum Gasteiger partial charge on any atom is -0.480 e. The van der Waals surface area contributed by atoms with E-state index >= 15 is 0 Å². The van der Waals surface area contributed by atoms with Crippen LogP contribution in [0.3, 0.4) is 0 Å². The fraction of sp³-hybridized carbons (Fsp3) is 0.700. The predicted octanol–water partition coefficient (Wildman–Crippen LogP) is 3.18. The maximum Gasteiger partial charge on any atom is 0.233 e. The molecule has 2 heterocycles. The molecule has 2 rings (SSSR count). The number of allylic oxidation sites excluding steroid dienone is 2. The molecule has 28 heavy (non-hydrogen) atoms. The van der Waals surface area contributed by atoms with Crippen molar-refractivity contribution < 1.29 is 18.9 Å². The average molecular weight is 397 g/mol. The molecule has 160 valence electrons. The zero-order valence-corrected chi connectivity index (χ0v) is 19.0. The van der Waals surface area contributed by atoms with Crippen LogP contribution in [-0.4, -0.2) is 75.2 Å². The van der Waals surface area contributed by atoms with E-state index < -0.39 is 0 Å². The summed E-state index contributed by atoms with van der Waals surface area (Å²) < 4.78 is 21.5. The molecule has 0 fully saturated rings. The van der Waals surface area contributed by atoms with E-state index in [9.17, 15) is 0 Å². The fourth-order valence-corrected chi connectivity index (χ4v) is 2.99. The Kier molecular flexibility index (Phi) is 9.48. The number of rotatable bonds is 6. The molecule has 0 aromatic rings. The Labute approximate surface area is 169 Å². The number of nitrogens with zero attached hydrogens (tertiary/aromatic N) is 4. The highest BCUT2D eigenvalue weighted by atomic mass is 16.5. The number of hydrogen-bond acceptors (Lipinski definition) is 8. The molecule has 2 aliphatic heterocycles. The molecule has 0 bridgehead atoms. The highest BCUT2D eigenvalue weighted by molar-refractivity contribution is 5.88. The molecular weight excluding hydrogens is 360 g/mol. The third kappa shape index (κ3) is 5.48. The summed E-state index contributed by atoms with van der Waals surface area (Å²) in [5.41, 5.74) is 3.85. The SMILES string of the molecule is CCOC1=C(C)N(C)C(OCC)C(C)=N1.COC1=C(C)N(C)C(OC)C(C)=N1. The molecule has 0 aromatic heterocycles. The molecule has 0 spiro atoms. The molecule has 0 saturated heterocycles. The molecule has 0 aliphatic carbocycles. The van der Waals surface area contributed by atoms with Gasteiger partial charge in [-0.1, -0.05) is 0 Å². The van der Waals surface area contributed by atoms with Gasteiger partial charge in [0.25, 0.3) is 0 Å². The molecule has 0 amide bonds. The van der Waals surface area contributed by atoms with Crippen LogP contribution in [0.15, 0.2) is 33.1 Å². The Balaban J connectivity index is 0.000000283. The van der Waals surface area contributed by atoms with Crippen LogP contribution >= 0.6 is 0 Å². The Morgan fingerprint density at radius 3 is 1.79 bits per heavy atom. The van der Waals surface area contributed by atoms with E-state index in [0.29, 0.717) is 25.0 Å². The van der Waals surface area contributed by atoms with E-state index in [1.807, 2.05) is 60.5 Å². The molecular formula is C20H36N4O4. The first-order chi connectivity index (χ1) is 13.2. The number of ether oxygens (including phenoxy) is 4. The lowest BCUT2D eigenvalue weighted by Crippen LogP contribution is -2.41. The average Bonchev–Trinajstić information content (AvgIpc) is 2.67. The van der Waals surface area contributed by atoms with Crippen molar-refractivity contribution in [2.24, 2.45) is 9.98 Å². The van der Waals surface area contributed by atoms with E-state index in [0.717, 1.165) is 22.8 Å². The Bertz CT molecular complexity index is 655. The van der Waals surface area contributed by atoms with Gasteiger partial charge in [-0.25, -0.2) is 9.98 Å². The third-order valence-corrected chi connectivity index (χ3v) is 4.67. The second kappa shape index (κ2) is 11.1. The summed E-state index contributed by atoms with van der Waals surface area (Å²) in [5, 5.41) is 0. The first-order valence-corrected chi connectivity index (χ1v) is 9.52. The summed E-state index contributed by atoms with van der Waals surface area (Å²) >= 11 is 0. The zero-order valence-electron chi connectivity index (χ0n) is 19.0. The summed E-state index contributed by atoms with van der Waals surface area (Å²) in [6, 6.07) is 0. The van der Waals surface area contributed by atoms with Crippen molar-refractivity contribution in [3.8, 4) is 0 Å². The van der Waals surface area contributed by atoms with Crippen LogP contribution in [0, 0.1) is 0 Å². The van der Waals surface area contributed by atoms with Gasteiger partial charge in [-0.3, -0.25) is 0 Å². The first kappa shape index (κ1) is 24.0. The van der Waals surface area contributed by atoms with Crippen LogP contribution < -0.4 is 0 Å². The van der Waals surface area contributed by atoms with Crippen LogP contribution in [0.2, 0.25) is 0 Å². The molecule has 8 nitrogen and oxygen atoms in total. The minimum atomic E-state index is -0.0705. The molecule has 0 radical (unpaired) electrons. The topological polar surface area (TPSA) is 68.1 Å². The van der Waals surface area contributed by atoms with Gasteiger partial charge < -0.3 is 28.7 Å². The lowest BCUT2D eigenvalue weighted by Gasteiger charge is -2.33. The Morgan fingerprint density at radius 2 is 1.29 bits per heavy atom. The van der Waals surface area contributed by atoms with Gasteiger partial charge >= 0.3 is 0 Å². The maximum absolute atomic E-state index is 5.61. The van der Waals surface area contributed by atoms with Gasteiger partial charge in [0, 0.05) is 27.8 Å². The fourth-order valence-electron chi connectivity index (χ4n) is 2.99. The summed E-state index contributed by atoms with van der Waals surface area (Å²) in [7, 11) is 7.25. The van der Waals surface area contributed by atoms with Gasteiger partial charge in [-0.05, 0) is 41.5 Å². The van der Waals surface area contributed by atoms with E-state index in [1.165, 1.54) is 0 Å². The molecule has 0 saturated carbocycles. The second-order valence-corrected chi connectivity index (χ2v) is 6.54. The molecule has 8 heteroatoms. The molecule has 2 atom stereocenters. The summed E-state index contributed by atoms with van der Waals surface area (Å²) in [6.07, 6.45) is -0.127. The highest BCUT2D eigenvalue weighted by Crippen LogP contribution is 2.22. The van der Waals surface area contributed by atoms with Crippen LogP contribution in [0.5, 0.6) is 0 Å². The van der Waals surface area contributed by atoms with Crippen LogP contribution in [0.1, 0.15) is 41.5 Å². The largest absolute Gasteiger partial charge is 0.480 e. The maximum atomic E-state index is 5.61. The van der Waals surface area contributed by atoms with E-state index in [4.69, 9.17) is 18.9 Å². The quantitative estimate of drug-likeness (QED) is 0.687. The number of methoxy groups -OCH3 is 2. The minimum absolute atomic E-state index is 0.0563. The van der Waals surface area contributed by atoms with E-state index in [-0.39, 0.29) is 12.5 Å². The highest BCUT2D eigenvalue weighted by Gasteiger charge is 2.26. The Morgan fingerprint density at radius 1 is 0.786 bits per heavy atom. The van der Waals surface area contributed by atoms with Crippen molar-refractivity contribution in [2.75, 3.05) is 41.5 Å². The van der Waals surface area contributed by atoms with Gasteiger partial charge in [-0.15, -0.1) is 0 Å². The van der Waals surface area contributed by atoms with E-state index in [1.54, 1.807) is 14.2 Å². The monoisotopic (exact) mass is 396 g/mol. The second-order valence-electron chi connectivity index (χ2n) is 6.54. The van der Waals surface area contributed by atoms with Gasteiger partial charge in [0.05, 0.1) is 36.5 Å². The van der Waals surface area contributed by atoms with Crippen molar-refractivity contribution in [1.29, 1.82) is 0 Å². The van der Waals surface area contributed by atoms with Crippen molar-refractivity contribution in [3.63, 3.8) is 0 Å². The molecule has 2 aliphatic rings. The van der Waals surface area contributed by atoms with Crippen molar-refractivity contribution in [3.05, 3.63) is 23.2 Å². The molecule has 0 N–H and O–H groups in total. The van der Waals surface area contributed by atoms with Crippen molar-refractivity contribution in [2.45, 2.75) is 54.0 Å². The predicted molar refractivity (Wildman–Crippen MR) is 112 cm³/mol. The first-order valence-electron chi connectivity index (χ1n) is 9.52. The van der Waals surface area contributed by atoms with Crippen molar-refractivity contribution in [1.82, 2.24) is 9.80 Å². The number of hydrogen-bond donors (Lipinski definition) is 0. The van der Waals surface area contributed by atoms with Gasteiger partial charge in [-0.2, -0.15) is 0 Å². The normalized spacial score (nSPS) is 22.5. The number of aliphatic imine (C=N–C) groups is 2. The van der Waals surface area contributed by atoms with Crippen LogP contribution in [0.4, 0.5) is 0 Å². The van der Waals surface area contributed by atoms with Gasteiger partial charge in [0.2, 0.25) is 11.8 Å². The molecule has 2 unspecified atom stereocenters. The Hall–Kier alpha value is -2.06. The lowest BCUT2D eigenvalue weighted by molar-refractivity contribution is 0.0148. The van der Waals surface area contributed by atoms with Gasteiger partial charge in [0.15, 0.2) is 12.5 Å².